The molecule has 0 bridgehead atoms. The zero-order chi connectivity index (χ0) is 7.56. The van der Waals surface area contributed by atoms with Crippen molar-refractivity contribution < 1.29 is 10.2 Å². The van der Waals surface area contributed by atoms with E-state index in [4.69, 9.17) is 0 Å². The minimum absolute atomic E-state index is 0.384. The van der Waals surface area contributed by atoms with Crippen molar-refractivity contribution in [1.82, 2.24) is 0 Å². The summed E-state index contributed by atoms with van der Waals surface area (Å²) < 4.78 is 0. The van der Waals surface area contributed by atoms with Crippen molar-refractivity contribution in [1.29, 1.82) is 0 Å². The predicted octanol–water partition coefficient (Wildman–Crippen LogP) is 0.918. The maximum absolute atomic E-state index is 9.39. The monoisotopic (exact) mass is 144 g/mol. The lowest BCUT2D eigenvalue weighted by Crippen LogP contribution is -2.36. The van der Waals surface area contributed by atoms with Crippen LogP contribution in [-0.2, 0) is 0 Å². The number of aliphatic hydroxyl groups excluding tert-OH is 2. The van der Waals surface area contributed by atoms with Gasteiger partial charge in [-0.15, -0.1) is 0 Å². The largest absolute Gasteiger partial charge is 0.390 e. The highest BCUT2D eigenvalue weighted by molar-refractivity contribution is 4.80. The van der Waals surface area contributed by atoms with Gasteiger partial charge in [-0.25, -0.2) is 0 Å². The highest BCUT2D eigenvalue weighted by Gasteiger charge is 2.29. The van der Waals surface area contributed by atoms with Crippen LogP contribution in [0.1, 0.15) is 32.6 Å². The third-order valence-corrected chi connectivity index (χ3v) is 2.45. The number of hydrogen-bond donors (Lipinski definition) is 2. The molecule has 0 aromatic rings. The van der Waals surface area contributed by atoms with Crippen molar-refractivity contribution in [2.45, 2.75) is 44.8 Å². The van der Waals surface area contributed by atoms with Gasteiger partial charge in [-0.05, 0) is 25.2 Å². The molecule has 1 aliphatic carbocycles. The van der Waals surface area contributed by atoms with Crippen LogP contribution >= 0.6 is 0 Å². The van der Waals surface area contributed by atoms with E-state index in [2.05, 4.69) is 0 Å². The molecule has 0 saturated heterocycles. The first-order valence-corrected chi connectivity index (χ1v) is 4.11. The van der Waals surface area contributed by atoms with E-state index in [0.29, 0.717) is 12.3 Å². The van der Waals surface area contributed by atoms with Crippen LogP contribution in [0.3, 0.4) is 0 Å². The molecule has 0 radical (unpaired) electrons. The maximum atomic E-state index is 9.39. The molecule has 0 heterocycles. The second-order valence-corrected chi connectivity index (χ2v) is 3.16. The Morgan fingerprint density at radius 3 is 2.30 bits per heavy atom. The summed E-state index contributed by atoms with van der Waals surface area (Å²) in [5, 5.41) is 18.6. The minimum atomic E-state index is -0.495. The summed E-state index contributed by atoms with van der Waals surface area (Å²) in [6, 6.07) is 0. The molecular weight excluding hydrogens is 128 g/mol. The molecule has 10 heavy (non-hydrogen) atoms. The van der Waals surface area contributed by atoms with Crippen LogP contribution in [0, 0.1) is 5.92 Å². The number of hydrogen-bond acceptors (Lipinski definition) is 2. The summed E-state index contributed by atoms with van der Waals surface area (Å²) in [5.74, 6) is 0.384. The minimum Gasteiger partial charge on any atom is -0.390 e. The van der Waals surface area contributed by atoms with E-state index in [-0.39, 0.29) is 0 Å². The Hall–Kier alpha value is -0.0800. The number of rotatable bonds is 3. The third-order valence-electron chi connectivity index (χ3n) is 2.45. The Labute approximate surface area is 61.9 Å². The average molecular weight is 144 g/mol. The van der Waals surface area contributed by atoms with E-state index in [1.54, 1.807) is 0 Å². The maximum Gasteiger partial charge on any atom is 0.0827 e. The van der Waals surface area contributed by atoms with Gasteiger partial charge in [0.25, 0.3) is 0 Å². The molecule has 2 N–H and O–H groups in total. The molecule has 0 aliphatic heterocycles. The first-order valence-electron chi connectivity index (χ1n) is 4.11. The van der Waals surface area contributed by atoms with Crippen LogP contribution in [0.4, 0.5) is 0 Å². The summed E-state index contributed by atoms with van der Waals surface area (Å²) in [7, 11) is 0. The van der Waals surface area contributed by atoms with Crippen LogP contribution in [0.5, 0.6) is 0 Å². The second kappa shape index (κ2) is 3.35. The van der Waals surface area contributed by atoms with E-state index < -0.39 is 12.2 Å². The van der Waals surface area contributed by atoms with Gasteiger partial charge in [0.15, 0.2) is 0 Å². The molecule has 2 unspecified atom stereocenters. The van der Waals surface area contributed by atoms with Crippen LogP contribution in [0.25, 0.3) is 0 Å². The first kappa shape index (κ1) is 8.02. The van der Waals surface area contributed by atoms with Crippen molar-refractivity contribution in [3.63, 3.8) is 0 Å². The van der Waals surface area contributed by atoms with Gasteiger partial charge in [-0.1, -0.05) is 13.3 Å². The Morgan fingerprint density at radius 2 is 2.00 bits per heavy atom. The van der Waals surface area contributed by atoms with Crippen LogP contribution in [-0.4, -0.2) is 22.4 Å². The fraction of sp³-hybridized carbons (Fsp3) is 1.00. The highest BCUT2D eigenvalue weighted by atomic mass is 16.3. The smallest absolute Gasteiger partial charge is 0.0827 e. The zero-order valence-corrected chi connectivity index (χ0v) is 6.45. The molecule has 2 nitrogen and oxygen atoms in total. The fourth-order valence-corrected chi connectivity index (χ4v) is 1.34. The van der Waals surface area contributed by atoms with E-state index in [0.717, 1.165) is 12.8 Å². The third kappa shape index (κ3) is 1.50. The summed E-state index contributed by atoms with van der Waals surface area (Å²) in [5.41, 5.74) is 0. The summed E-state index contributed by atoms with van der Waals surface area (Å²) in [6.07, 6.45) is 3.12. The van der Waals surface area contributed by atoms with Gasteiger partial charge in [0, 0.05) is 0 Å². The van der Waals surface area contributed by atoms with Gasteiger partial charge in [0.1, 0.15) is 0 Å². The SMILES string of the molecule is CCC(O)C(O)C1CCC1. The molecule has 1 rings (SSSR count). The van der Waals surface area contributed by atoms with Gasteiger partial charge >= 0.3 is 0 Å². The van der Waals surface area contributed by atoms with Gasteiger partial charge in [0.05, 0.1) is 12.2 Å². The molecule has 2 atom stereocenters. The Bertz CT molecular complexity index is 94.7. The zero-order valence-electron chi connectivity index (χ0n) is 6.45. The summed E-state index contributed by atoms with van der Waals surface area (Å²) in [4.78, 5) is 0. The van der Waals surface area contributed by atoms with Crippen LogP contribution in [0.15, 0.2) is 0 Å². The van der Waals surface area contributed by atoms with Crippen molar-refractivity contribution in [3.8, 4) is 0 Å². The lowest BCUT2D eigenvalue weighted by molar-refractivity contribution is -0.0404. The van der Waals surface area contributed by atoms with Gasteiger partial charge in [0.2, 0.25) is 0 Å². The Kier molecular flexibility index (Phi) is 2.69. The summed E-state index contributed by atoms with van der Waals surface area (Å²) in [6.45, 7) is 1.90. The van der Waals surface area contributed by atoms with E-state index in [1.807, 2.05) is 6.92 Å². The average Bonchev–Trinajstić information content (AvgIpc) is 1.82. The Balaban J connectivity index is 2.24. The molecular formula is C8H16O2. The molecule has 1 aliphatic rings. The first-order chi connectivity index (χ1) is 4.75. The lowest BCUT2D eigenvalue weighted by atomic mass is 9.79. The summed E-state index contributed by atoms with van der Waals surface area (Å²) >= 11 is 0. The van der Waals surface area contributed by atoms with Crippen LogP contribution in [0.2, 0.25) is 0 Å². The Morgan fingerprint density at radius 1 is 1.40 bits per heavy atom. The highest BCUT2D eigenvalue weighted by Crippen LogP contribution is 2.31. The van der Waals surface area contributed by atoms with Crippen molar-refractivity contribution in [2.24, 2.45) is 5.92 Å². The molecule has 1 fully saturated rings. The molecule has 0 aromatic carbocycles. The van der Waals surface area contributed by atoms with Gasteiger partial charge in [-0.3, -0.25) is 0 Å². The van der Waals surface area contributed by atoms with Crippen molar-refractivity contribution in [2.75, 3.05) is 0 Å². The van der Waals surface area contributed by atoms with Crippen LogP contribution < -0.4 is 0 Å². The topological polar surface area (TPSA) is 40.5 Å². The molecule has 0 aromatic heterocycles. The molecule has 60 valence electrons. The predicted molar refractivity (Wildman–Crippen MR) is 39.6 cm³/mol. The second-order valence-electron chi connectivity index (χ2n) is 3.16. The molecule has 2 heteroatoms. The van der Waals surface area contributed by atoms with E-state index >= 15 is 0 Å². The molecule has 0 spiro atoms. The van der Waals surface area contributed by atoms with E-state index in [9.17, 15) is 10.2 Å². The van der Waals surface area contributed by atoms with Gasteiger partial charge < -0.3 is 10.2 Å². The van der Waals surface area contributed by atoms with Gasteiger partial charge in [-0.2, -0.15) is 0 Å². The van der Waals surface area contributed by atoms with Crippen molar-refractivity contribution in [3.05, 3.63) is 0 Å². The standard InChI is InChI=1S/C8H16O2/c1-2-7(9)8(10)6-4-3-5-6/h6-10H,2-5H2,1H3. The lowest BCUT2D eigenvalue weighted by Gasteiger charge is -2.32. The van der Waals surface area contributed by atoms with Crippen molar-refractivity contribution >= 4 is 0 Å². The van der Waals surface area contributed by atoms with E-state index in [1.165, 1.54) is 6.42 Å². The fourth-order valence-electron chi connectivity index (χ4n) is 1.34. The normalized spacial score (nSPS) is 25.5. The number of aliphatic hydroxyl groups is 2. The molecule has 1 saturated carbocycles. The molecule has 0 amide bonds. The quantitative estimate of drug-likeness (QED) is 0.618.